The quantitative estimate of drug-likeness (QED) is 0.775. The number of aromatic nitrogens is 2. The highest BCUT2D eigenvalue weighted by atomic mass is 16.3. The molecule has 6 nitrogen and oxygen atoms in total. The smallest absolute Gasteiger partial charge is 0.315 e. The lowest BCUT2D eigenvalue weighted by molar-refractivity contribution is 0.220. The highest BCUT2D eigenvalue weighted by molar-refractivity contribution is 5.74. The Morgan fingerprint density at radius 2 is 2.24 bits per heavy atom. The molecule has 1 aromatic heterocycles. The standard InChI is InChI=1S/C15H20N4O2/c1-11(10-20)18-15(21)16-7-12-4-3-5-13(6-12)14-8-17-19(2)9-14/h3-6,8-9,11,20H,7,10H2,1-2H3,(H2,16,18,21)/t11-/m0/s1. The van der Waals surface area contributed by atoms with Gasteiger partial charge in [0.1, 0.15) is 0 Å². The zero-order valence-electron chi connectivity index (χ0n) is 12.2. The van der Waals surface area contributed by atoms with Gasteiger partial charge in [-0.25, -0.2) is 4.79 Å². The zero-order chi connectivity index (χ0) is 15.2. The van der Waals surface area contributed by atoms with E-state index in [-0.39, 0.29) is 18.7 Å². The van der Waals surface area contributed by atoms with Gasteiger partial charge in [0, 0.05) is 25.4 Å². The summed E-state index contributed by atoms with van der Waals surface area (Å²) in [4.78, 5) is 11.6. The normalized spacial score (nSPS) is 12.0. The van der Waals surface area contributed by atoms with Crippen LogP contribution in [0.2, 0.25) is 0 Å². The van der Waals surface area contributed by atoms with Gasteiger partial charge in [-0.3, -0.25) is 4.68 Å². The minimum absolute atomic E-state index is 0.0795. The average molecular weight is 288 g/mol. The number of aliphatic hydroxyl groups excluding tert-OH is 1. The number of aryl methyl sites for hydroxylation is 1. The molecule has 0 aliphatic heterocycles. The Morgan fingerprint density at radius 3 is 2.90 bits per heavy atom. The number of hydrogen-bond donors (Lipinski definition) is 3. The van der Waals surface area contributed by atoms with Crippen molar-refractivity contribution in [1.29, 1.82) is 0 Å². The van der Waals surface area contributed by atoms with E-state index in [9.17, 15) is 4.79 Å². The van der Waals surface area contributed by atoms with E-state index in [1.165, 1.54) is 0 Å². The summed E-state index contributed by atoms with van der Waals surface area (Å²) < 4.78 is 1.75. The van der Waals surface area contributed by atoms with Crippen molar-refractivity contribution in [3.63, 3.8) is 0 Å². The third-order valence-corrected chi connectivity index (χ3v) is 3.07. The van der Waals surface area contributed by atoms with Gasteiger partial charge < -0.3 is 15.7 Å². The van der Waals surface area contributed by atoms with E-state index in [1.54, 1.807) is 11.6 Å². The van der Waals surface area contributed by atoms with Crippen LogP contribution in [0.5, 0.6) is 0 Å². The minimum atomic E-state index is -0.289. The third-order valence-electron chi connectivity index (χ3n) is 3.07. The molecule has 2 aromatic rings. The molecule has 0 bridgehead atoms. The summed E-state index contributed by atoms with van der Waals surface area (Å²) >= 11 is 0. The van der Waals surface area contributed by atoms with Gasteiger partial charge in [-0.15, -0.1) is 0 Å². The number of nitrogens with zero attached hydrogens (tertiary/aromatic N) is 2. The SMILES string of the molecule is C[C@@H](CO)NC(=O)NCc1cccc(-c2cnn(C)c2)c1. The average Bonchev–Trinajstić information content (AvgIpc) is 2.92. The zero-order valence-corrected chi connectivity index (χ0v) is 12.2. The van der Waals surface area contributed by atoms with Crippen molar-refractivity contribution in [1.82, 2.24) is 20.4 Å². The monoisotopic (exact) mass is 288 g/mol. The molecule has 1 atom stereocenters. The number of benzene rings is 1. The first-order valence-electron chi connectivity index (χ1n) is 6.81. The molecule has 0 aliphatic rings. The number of hydrogen-bond acceptors (Lipinski definition) is 3. The summed E-state index contributed by atoms with van der Waals surface area (Å²) in [6.45, 7) is 2.09. The molecule has 0 saturated carbocycles. The van der Waals surface area contributed by atoms with E-state index in [4.69, 9.17) is 5.11 Å². The molecule has 1 heterocycles. The highest BCUT2D eigenvalue weighted by Crippen LogP contribution is 2.19. The number of carbonyl (C=O) groups excluding carboxylic acids is 1. The molecule has 2 amide bonds. The Morgan fingerprint density at radius 1 is 1.43 bits per heavy atom. The van der Waals surface area contributed by atoms with Crippen molar-refractivity contribution in [2.75, 3.05) is 6.61 Å². The summed E-state index contributed by atoms with van der Waals surface area (Å²) in [6, 6.07) is 7.39. The van der Waals surface area contributed by atoms with Crippen molar-refractivity contribution in [3.8, 4) is 11.1 Å². The largest absolute Gasteiger partial charge is 0.394 e. The second-order valence-electron chi connectivity index (χ2n) is 5.01. The van der Waals surface area contributed by atoms with Crippen LogP contribution in [-0.2, 0) is 13.6 Å². The fourth-order valence-corrected chi connectivity index (χ4v) is 1.93. The van der Waals surface area contributed by atoms with Crippen LogP contribution in [0.1, 0.15) is 12.5 Å². The first-order valence-corrected chi connectivity index (χ1v) is 6.81. The van der Waals surface area contributed by atoms with Crippen molar-refractivity contribution >= 4 is 6.03 Å². The first-order chi connectivity index (χ1) is 10.1. The lowest BCUT2D eigenvalue weighted by Crippen LogP contribution is -2.41. The predicted octanol–water partition coefficient (Wildman–Crippen LogP) is 1.27. The molecule has 3 N–H and O–H groups in total. The molecule has 2 rings (SSSR count). The summed E-state index contributed by atoms with van der Waals surface area (Å²) in [7, 11) is 1.88. The van der Waals surface area contributed by atoms with Gasteiger partial charge >= 0.3 is 6.03 Å². The highest BCUT2D eigenvalue weighted by Gasteiger charge is 2.06. The van der Waals surface area contributed by atoms with Crippen molar-refractivity contribution in [2.24, 2.45) is 7.05 Å². The number of rotatable bonds is 5. The Balaban J connectivity index is 1.97. The molecule has 1 aromatic carbocycles. The first kappa shape index (κ1) is 15.1. The molecule has 0 saturated heterocycles. The summed E-state index contributed by atoms with van der Waals surface area (Å²) in [5.74, 6) is 0. The fraction of sp³-hybridized carbons (Fsp3) is 0.333. The Hall–Kier alpha value is -2.34. The second kappa shape index (κ2) is 6.90. The Labute approximate surface area is 123 Å². The minimum Gasteiger partial charge on any atom is -0.394 e. The van der Waals surface area contributed by atoms with E-state index < -0.39 is 0 Å². The maximum absolute atomic E-state index is 11.6. The van der Waals surface area contributed by atoms with E-state index in [1.807, 2.05) is 43.7 Å². The Bertz CT molecular complexity index is 609. The number of amides is 2. The maximum atomic E-state index is 11.6. The van der Waals surface area contributed by atoms with E-state index in [2.05, 4.69) is 15.7 Å². The van der Waals surface area contributed by atoms with Crippen LogP contribution >= 0.6 is 0 Å². The molecule has 0 spiro atoms. The van der Waals surface area contributed by atoms with Gasteiger partial charge in [-0.1, -0.05) is 18.2 Å². The van der Waals surface area contributed by atoms with Gasteiger partial charge in [-0.2, -0.15) is 5.10 Å². The van der Waals surface area contributed by atoms with Crippen molar-refractivity contribution < 1.29 is 9.90 Å². The summed E-state index contributed by atoms with van der Waals surface area (Å²) in [5.41, 5.74) is 3.10. The number of nitrogens with one attached hydrogen (secondary N) is 2. The predicted molar refractivity (Wildman–Crippen MR) is 80.6 cm³/mol. The van der Waals surface area contributed by atoms with Gasteiger partial charge in [0.2, 0.25) is 0 Å². The second-order valence-corrected chi connectivity index (χ2v) is 5.01. The van der Waals surface area contributed by atoms with Crippen LogP contribution in [0.4, 0.5) is 4.79 Å². The van der Waals surface area contributed by atoms with Crippen LogP contribution in [0.25, 0.3) is 11.1 Å². The van der Waals surface area contributed by atoms with E-state index >= 15 is 0 Å². The van der Waals surface area contributed by atoms with Gasteiger partial charge in [-0.05, 0) is 24.1 Å². The molecule has 112 valence electrons. The van der Waals surface area contributed by atoms with Crippen LogP contribution in [0, 0.1) is 0 Å². The van der Waals surface area contributed by atoms with Crippen LogP contribution in [0.3, 0.4) is 0 Å². The molecule has 0 unspecified atom stereocenters. The number of urea groups is 1. The maximum Gasteiger partial charge on any atom is 0.315 e. The van der Waals surface area contributed by atoms with Crippen LogP contribution in [0.15, 0.2) is 36.7 Å². The molecule has 0 aliphatic carbocycles. The molecule has 0 radical (unpaired) electrons. The lowest BCUT2D eigenvalue weighted by atomic mass is 10.1. The number of aliphatic hydroxyl groups is 1. The van der Waals surface area contributed by atoms with Gasteiger partial charge in [0.25, 0.3) is 0 Å². The number of carbonyl (C=O) groups is 1. The topological polar surface area (TPSA) is 79.2 Å². The Kier molecular flexibility index (Phi) is 4.94. The molecule has 6 heteroatoms. The van der Waals surface area contributed by atoms with Crippen LogP contribution in [-0.4, -0.2) is 33.6 Å². The van der Waals surface area contributed by atoms with Crippen LogP contribution < -0.4 is 10.6 Å². The van der Waals surface area contributed by atoms with Crippen molar-refractivity contribution in [2.45, 2.75) is 19.5 Å². The van der Waals surface area contributed by atoms with Gasteiger partial charge in [0.15, 0.2) is 0 Å². The van der Waals surface area contributed by atoms with E-state index in [0.717, 1.165) is 16.7 Å². The fourth-order valence-electron chi connectivity index (χ4n) is 1.93. The molecular weight excluding hydrogens is 268 g/mol. The van der Waals surface area contributed by atoms with Crippen molar-refractivity contribution in [3.05, 3.63) is 42.2 Å². The molecule has 0 fully saturated rings. The lowest BCUT2D eigenvalue weighted by Gasteiger charge is -2.12. The van der Waals surface area contributed by atoms with E-state index in [0.29, 0.717) is 6.54 Å². The molecular formula is C15H20N4O2. The molecule has 21 heavy (non-hydrogen) atoms. The summed E-state index contributed by atoms with van der Waals surface area (Å²) in [5, 5.41) is 18.4. The third kappa shape index (κ3) is 4.32. The summed E-state index contributed by atoms with van der Waals surface area (Å²) in [6.07, 6.45) is 3.75. The van der Waals surface area contributed by atoms with Gasteiger partial charge in [0.05, 0.1) is 18.8 Å².